The van der Waals surface area contributed by atoms with Gasteiger partial charge < -0.3 is 19.4 Å². The maximum absolute atomic E-state index is 5.39. The van der Waals surface area contributed by atoms with Crippen molar-refractivity contribution in [3.8, 4) is 0 Å². The second kappa shape index (κ2) is 7.77. The van der Waals surface area contributed by atoms with Gasteiger partial charge in [-0.1, -0.05) is 0 Å². The summed E-state index contributed by atoms with van der Waals surface area (Å²) in [7, 11) is 1.73. The highest BCUT2D eigenvalue weighted by Gasteiger charge is 2.17. The fourth-order valence-corrected chi connectivity index (χ4v) is 2.72. The van der Waals surface area contributed by atoms with Crippen LogP contribution in [0.5, 0.6) is 0 Å². The van der Waals surface area contributed by atoms with Crippen molar-refractivity contribution in [1.82, 2.24) is 14.5 Å². The van der Waals surface area contributed by atoms with Crippen molar-refractivity contribution < 1.29 is 9.47 Å². The molecular formula is C15H28N4O2. The number of morpholine rings is 1. The van der Waals surface area contributed by atoms with Crippen molar-refractivity contribution >= 4 is 5.95 Å². The number of rotatable bonds is 7. The van der Waals surface area contributed by atoms with E-state index in [-0.39, 0.29) is 6.04 Å². The van der Waals surface area contributed by atoms with E-state index in [1.54, 1.807) is 7.11 Å². The van der Waals surface area contributed by atoms with E-state index in [1.807, 2.05) is 6.92 Å². The fourth-order valence-electron chi connectivity index (χ4n) is 2.72. The highest BCUT2D eigenvalue weighted by Crippen LogP contribution is 2.17. The number of hydrogen-bond donors (Lipinski definition) is 1. The third kappa shape index (κ3) is 4.69. The van der Waals surface area contributed by atoms with Crippen LogP contribution in [0.25, 0.3) is 0 Å². The normalized spacial score (nSPS) is 19.4. The van der Waals surface area contributed by atoms with Crippen molar-refractivity contribution in [3.63, 3.8) is 0 Å². The van der Waals surface area contributed by atoms with E-state index in [2.05, 4.69) is 39.8 Å². The third-order valence-corrected chi connectivity index (χ3v) is 3.75. The maximum Gasteiger partial charge on any atom is 0.203 e. The summed E-state index contributed by atoms with van der Waals surface area (Å²) >= 11 is 0. The van der Waals surface area contributed by atoms with Gasteiger partial charge in [-0.25, -0.2) is 4.98 Å². The molecule has 1 aliphatic rings. The van der Waals surface area contributed by atoms with Crippen LogP contribution in [0.2, 0.25) is 0 Å². The Morgan fingerprint density at radius 2 is 2.10 bits per heavy atom. The summed E-state index contributed by atoms with van der Waals surface area (Å²) in [6, 6.07) is 0.618. The van der Waals surface area contributed by atoms with Crippen LogP contribution in [-0.2, 0) is 9.47 Å². The molecule has 120 valence electrons. The van der Waals surface area contributed by atoms with E-state index in [0.717, 1.165) is 44.5 Å². The molecule has 0 spiro atoms. The van der Waals surface area contributed by atoms with Gasteiger partial charge in [0.2, 0.25) is 5.95 Å². The van der Waals surface area contributed by atoms with Gasteiger partial charge in [-0.3, -0.25) is 4.90 Å². The molecule has 1 N–H and O–H groups in total. The molecule has 1 aromatic heterocycles. The Labute approximate surface area is 127 Å². The van der Waals surface area contributed by atoms with Crippen molar-refractivity contribution in [2.75, 3.05) is 51.9 Å². The molecule has 0 saturated carbocycles. The van der Waals surface area contributed by atoms with Crippen LogP contribution in [0.15, 0.2) is 6.20 Å². The van der Waals surface area contributed by atoms with E-state index >= 15 is 0 Å². The Kier molecular flexibility index (Phi) is 6.02. The molecule has 2 rings (SSSR count). The second-order valence-corrected chi connectivity index (χ2v) is 5.88. The molecule has 0 aliphatic carbocycles. The lowest BCUT2D eigenvalue weighted by atomic mass is 10.3. The van der Waals surface area contributed by atoms with E-state index < -0.39 is 0 Å². The van der Waals surface area contributed by atoms with Crippen LogP contribution in [0.4, 0.5) is 5.95 Å². The zero-order chi connectivity index (χ0) is 15.2. The lowest BCUT2D eigenvalue weighted by Gasteiger charge is -2.29. The summed E-state index contributed by atoms with van der Waals surface area (Å²) in [6.45, 7) is 11.8. The first-order valence-corrected chi connectivity index (χ1v) is 7.71. The highest BCUT2D eigenvalue weighted by atomic mass is 16.5. The number of imidazole rings is 1. The Morgan fingerprint density at radius 1 is 1.38 bits per heavy atom. The summed E-state index contributed by atoms with van der Waals surface area (Å²) in [6.07, 6.45) is 2.08. The average molecular weight is 296 g/mol. The first-order valence-electron chi connectivity index (χ1n) is 7.71. The van der Waals surface area contributed by atoms with Gasteiger partial charge in [-0.05, 0) is 20.8 Å². The monoisotopic (exact) mass is 296 g/mol. The predicted octanol–water partition coefficient (Wildman–Crippen LogP) is 1.53. The van der Waals surface area contributed by atoms with Crippen molar-refractivity contribution in [3.05, 3.63) is 11.9 Å². The summed E-state index contributed by atoms with van der Waals surface area (Å²) in [5.74, 6) is 0.929. The number of anilines is 1. The number of nitrogens with one attached hydrogen (secondary N) is 1. The number of aromatic nitrogens is 2. The van der Waals surface area contributed by atoms with Crippen LogP contribution in [0.1, 0.15) is 25.6 Å². The molecule has 2 atom stereocenters. The molecule has 0 amide bonds. The zero-order valence-corrected chi connectivity index (χ0v) is 13.6. The lowest BCUT2D eigenvalue weighted by molar-refractivity contribution is 0.0367. The zero-order valence-electron chi connectivity index (χ0n) is 13.6. The Morgan fingerprint density at radius 3 is 2.76 bits per heavy atom. The van der Waals surface area contributed by atoms with Crippen LogP contribution in [0.3, 0.4) is 0 Å². The fraction of sp³-hybridized carbons (Fsp3) is 0.800. The number of hydrogen-bond acceptors (Lipinski definition) is 5. The third-order valence-electron chi connectivity index (χ3n) is 3.75. The van der Waals surface area contributed by atoms with Crippen LogP contribution < -0.4 is 5.32 Å². The van der Waals surface area contributed by atoms with Crippen LogP contribution >= 0.6 is 0 Å². The summed E-state index contributed by atoms with van der Waals surface area (Å²) < 4.78 is 12.8. The van der Waals surface area contributed by atoms with Gasteiger partial charge in [-0.15, -0.1) is 0 Å². The molecular weight excluding hydrogens is 268 g/mol. The predicted molar refractivity (Wildman–Crippen MR) is 83.9 cm³/mol. The average Bonchev–Trinajstić information content (AvgIpc) is 2.81. The largest absolute Gasteiger partial charge is 0.383 e. The maximum atomic E-state index is 5.39. The van der Waals surface area contributed by atoms with Gasteiger partial charge in [0.1, 0.15) is 0 Å². The van der Waals surface area contributed by atoms with Gasteiger partial charge in [0.05, 0.1) is 31.6 Å². The van der Waals surface area contributed by atoms with Crippen molar-refractivity contribution in [2.45, 2.75) is 32.9 Å². The first kappa shape index (κ1) is 16.3. The van der Waals surface area contributed by atoms with Crippen molar-refractivity contribution in [2.24, 2.45) is 0 Å². The summed E-state index contributed by atoms with van der Waals surface area (Å²) in [4.78, 5) is 7.03. The van der Waals surface area contributed by atoms with Crippen LogP contribution in [-0.4, -0.2) is 67.1 Å². The number of aryl methyl sites for hydroxylation is 1. The van der Waals surface area contributed by atoms with Gasteiger partial charge in [0.25, 0.3) is 0 Å². The minimum Gasteiger partial charge on any atom is -0.383 e. The Balaban J connectivity index is 1.94. The summed E-state index contributed by atoms with van der Waals surface area (Å²) in [5, 5.41) is 3.53. The van der Waals surface area contributed by atoms with E-state index in [4.69, 9.17) is 9.47 Å². The smallest absolute Gasteiger partial charge is 0.203 e. The van der Waals surface area contributed by atoms with E-state index in [9.17, 15) is 0 Å². The molecule has 0 bridgehead atoms. The molecule has 6 nitrogen and oxygen atoms in total. The number of ether oxygens (including phenoxy) is 2. The first-order chi connectivity index (χ1) is 10.1. The quantitative estimate of drug-likeness (QED) is 0.827. The van der Waals surface area contributed by atoms with Crippen LogP contribution in [0, 0.1) is 6.92 Å². The highest BCUT2D eigenvalue weighted by molar-refractivity contribution is 5.31. The Bertz CT molecular complexity index is 429. The molecule has 1 aliphatic heterocycles. The molecule has 0 radical (unpaired) electrons. The standard InChI is InChI=1S/C15H28N4O2/c1-12(9-18-5-7-21-8-6-18)16-15-17-13(2)10-19(15)14(3)11-20-4/h10,12,14H,5-9,11H2,1-4H3,(H,16,17). The van der Waals surface area contributed by atoms with Gasteiger partial charge >= 0.3 is 0 Å². The van der Waals surface area contributed by atoms with E-state index in [1.165, 1.54) is 0 Å². The van der Waals surface area contributed by atoms with Gasteiger partial charge in [-0.2, -0.15) is 0 Å². The minimum atomic E-state index is 0.272. The van der Waals surface area contributed by atoms with Crippen molar-refractivity contribution in [1.29, 1.82) is 0 Å². The molecule has 6 heteroatoms. The van der Waals surface area contributed by atoms with E-state index in [0.29, 0.717) is 12.6 Å². The molecule has 21 heavy (non-hydrogen) atoms. The molecule has 2 unspecified atom stereocenters. The van der Waals surface area contributed by atoms with Gasteiger partial charge in [0, 0.05) is 39.0 Å². The minimum absolute atomic E-state index is 0.272. The topological polar surface area (TPSA) is 51.5 Å². The summed E-state index contributed by atoms with van der Waals surface area (Å²) in [5.41, 5.74) is 1.03. The number of methoxy groups -OCH3 is 1. The van der Waals surface area contributed by atoms with Gasteiger partial charge in [0.15, 0.2) is 0 Å². The SMILES string of the molecule is COCC(C)n1cc(C)nc1NC(C)CN1CCOCC1. The number of nitrogens with zero attached hydrogens (tertiary/aromatic N) is 3. The molecule has 1 saturated heterocycles. The molecule has 1 fully saturated rings. The Hall–Kier alpha value is -1.11. The molecule has 2 heterocycles. The molecule has 1 aromatic rings. The lowest BCUT2D eigenvalue weighted by Crippen LogP contribution is -2.42. The molecule has 0 aromatic carbocycles. The second-order valence-electron chi connectivity index (χ2n) is 5.88.